The van der Waals surface area contributed by atoms with Crippen molar-refractivity contribution in [1.82, 2.24) is 20.6 Å². The van der Waals surface area contributed by atoms with Crippen molar-refractivity contribution in [3.05, 3.63) is 70.0 Å². The number of carboxylic acid groups (broad SMARTS) is 1. The summed E-state index contributed by atoms with van der Waals surface area (Å²) in [5, 5.41) is 14.9. The van der Waals surface area contributed by atoms with Crippen LogP contribution in [-0.4, -0.2) is 51.5 Å². The van der Waals surface area contributed by atoms with Crippen LogP contribution in [0, 0.1) is 5.92 Å². The van der Waals surface area contributed by atoms with E-state index in [1.165, 1.54) is 49.4 Å². The van der Waals surface area contributed by atoms with Crippen LogP contribution in [0.2, 0.25) is 5.02 Å². The molecule has 10 nitrogen and oxygen atoms in total. The predicted molar refractivity (Wildman–Crippen MR) is 147 cm³/mol. The summed E-state index contributed by atoms with van der Waals surface area (Å²) < 4.78 is 11.6. The molecule has 1 aromatic carbocycles. The number of amides is 2. The van der Waals surface area contributed by atoms with E-state index in [0.29, 0.717) is 34.2 Å². The van der Waals surface area contributed by atoms with Crippen LogP contribution < -0.4 is 20.1 Å². The number of rotatable bonds is 12. The lowest BCUT2D eigenvalue weighted by Gasteiger charge is -2.11. The van der Waals surface area contributed by atoms with Gasteiger partial charge in [0.2, 0.25) is 0 Å². The highest BCUT2D eigenvalue weighted by Crippen LogP contribution is 2.35. The van der Waals surface area contributed by atoms with Gasteiger partial charge in [0.1, 0.15) is 23.2 Å². The molecule has 0 radical (unpaired) electrons. The summed E-state index contributed by atoms with van der Waals surface area (Å²) >= 11 is 7.66. The van der Waals surface area contributed by atoms with Crippen LogP contribution in [0.15, 0.2) is 48.8 Å². The van der Waals surface area contributed by atoms with E-state index >= 15 is 0 Å². The SMILES string of the molecule is C[C@H](NC(=O)c1cc(C(=O)N[C@@H](C)C=Cc2cnc(Oc3ccc(OCC4CC4)cc3Cl)s2)ccn1)C(=O)O. The minimum absolute atomic E-state index is 0.0586. The molecule has 1 fully saturated rings. The first-order valence-electron chi connectivity index (χ1n) is 12.2. The summed E-state index contributed by atoms with van der Waals surface area (Å²) in [5.41, 5.74) is 0.157. The molecule has 1 aliphatic rings. The molecule has 1 aliphatic carbocycles. The first kappa shape index (κ1) is 28.1. The van der Waals surface area contributed by atoms with Gasteiger partial charge >= 0.3 is 5.97 Å². The molecule has 39 heavy (non-hydrogen) atoms. The lowest BCUT2D eigenvalue weighted by atomic mass is 10.2. The molecule has 1 saturated carbocycles. The van der Waals surface area contributed by atoms with Crippen molar-refractivity contribution in [1.29, 1.82) is 0 Å². The van der Waals surface area contributed by atoms with Crippen LogP contribution in [0.1, 0.15) is 52.4 Å². The van der Waals surface area contributed by atoms with Crippen molar-refractivity contribution >= 4 is 46.8 Å². The number of thiazole rings is 1. The van der Waals surface area contributed by atoms with Gasteiger partial charge in [-0.05, 0) is 62.9 Å². The van der Waals surface area contributed by atoms with E-state index in [4.69, 9.17) is 26.2 Å². The number of ether oxygens (including phenoxy) is 2. The van der Waals surface area contributed by atoms with Gasteiger partial charge in [-0.15, -0.1) is 0 Å². The Morgan fingerprint density at radius 1 is 1.15 bits per heavy atom. The van der Waals surface area contributed by atoms with E-state index in [1.54, 1.807) is 31.3 Å². The minimum atomic E-state index is -1.18. The third kappa shape index (κ3) is 8.26. The van der Waals surface area contributed by atoms with Gasteiger partial charge < -0.3 is 25.2 Å². The van der Waals surface area contributed by atoms with Crippen molar-refractivity contribution in [3.8, 4) is 16.7 Å². The average Bonchev–Trinajstić information content (AvgIpc) is 3.64. The fourth-order valence-electron chi connectivity index (χ4n) is 3.25. The first-order valence-corrected chi connectivity index (χ1v) is 13.4. The number of carboxylic acids is 1. The van der Waals surface area contributed by atoms with Crippen LogP contribution in [0.4, 0.5) is 0 Å². The molecule has 0 spiro atoms. The molecule has 0 bridgehead atoms. The van der Waals surface area contributed by atoms with Crippen molar-refractivity contribution in [3.63, 3.8) is 0 Å². The number of aliphatic carboxylic acids is 1. The molecule has 2 atom stereocenters. The Morgan fingerprint density at radius 2 is 1.95 bits per heavy atom. The Hall–Kier alpha value is -3.96. The van der Waals surface area contributed by atoms with Gasteiger partial charge in [-0.3, -0.25) is 19.4 Å². The summed E-state index contributed by atoms with van der Waals surface area (Å²) in [6.45, 7) is 3.83. The maximum atomic E-state index is 12.7. The van der Waals surface area contributed by atoms with Crippen LogP contribution in [0.5, 0.6) is 16.7 Å². The van der Waals surface area contributed by atoms with Crippen molar-refractivity contribution in [2.75, 3.05) is 6.61 Å². The van der Waals surface area contributed by atoms with Gasteiger partial charge in [0.15, 0.2) is 0 Å². The Kier molecular flexibility index (Phi) is 9.15. The molecule has 2 amide bonds. The van der Waals surface area contributed by atoms with Gasteiger partial charge in [0.25, 0.3) is 17.0 Å². The van der Waals surface area contributed by atoms with E-state index < -0.39 is 23.8 Å². The molecular weight excluding hydrogens is 544 g/mol. The minimum Gasteiger partial charge on any atom is -0.493 e. The summed E-state index contributed by atoms with van der Waals surface area (Å²) in [6, 6.07) is 6.63. The highest BCUT2D eigenvalue weighted by molar-refractivity contribution is 7.14. The Morgan fingerprint density at radius 3 is 2.67 bits per heavy atom. The molecule has 3 N–H and O–H groups in total. The zero-order valence-corrected chi connectivity index (χ0v) is 22.8. The molecule has 0 aliphatic heterocycles. The maximum absolute atomic E-state index is 12.7. The van der Waals surface area contributed by atoms with Crippen LogP contribution in [0.25, 0.3) is 6.08 Å². The normalized spacial score (nSPS) is 14.4. The summed E-state index contributed by atoms with van der Waals surface area (Å²) in [4.78, 5) is 44.8. The zero-order valence-electron chi connectivity index (χ0n) is 21.2. The molecular formula is C27H27ClN4O6S. The summed E-state index contributed by atoms with van der Waals surface area (Å²) in [5.74, 6) is -0.447. The number of pyridine rings is 1. The number of carbonyl (C=O) groups excluding carboxylic acids is 2. The highest BCUT2D eigenvalue weighted by atomic mass is 35.5. The fourth-order valence-corrected chi connectivity index (χ4v) is 4.15. The van der Waals surface area contributed by atoms with Crippen LogP contribution in [0.3, 0.4) is 0 Å². The number of hydrogen-bond donors (Lipinski definition) is 3. The smallest absolute Gasteiger partial charge is 0.325 e. The second kappa shape index (κ2) is 12.7. The molecule has 2 heterocycles. The van der Waals surface area contributed by atoms with E-state index in [1.807, 2.05) is 12.1 Å². The van der Waals surface area contributed by atoms with Crippen molar-refractivity contribution < 1.29 is 29.0 Å². The number of nitrogens with one attached hydrogen (secondary N) is 2. The third-order valence-corrected chi connectivity index (χ3v) is 6.80. The molecule has 4 rings (SSSR count). The quantitative estimate of drug-likeness (QED) is 0.282. The zero-order chi connectivity index (χ0) is 27.9. The second-order valence-electron chi connectivity index (χ2n) is 9.06. The number of nitrogens with zero attached hydrogens (tertiary/aromatic N) is 2. The Bertz CT molecular complexity index is 1390. The standard InChI is InChI=1S/C27H27ClN4O6S/c1-15(31-24(33)18-9-10-29-22(11-18)25(34)32-16(2)26(35)36)3-7-20-13-30-27(39-20)38-23-8-6-19(12-21(23)28)37-14-17-4-5-17/h3,6-13,15-17H,4-5,14H2,1-2H3,(H,31,33)(H,32,34)(H,35,36)/t15-,16-/m0/s1. The third-order valence-electron chi connectivity index (χ3n) is 5.67. The highest BCUT2D eigenvalue weighted by Gasteiger charge is 2.22. The number of benzene rings is 1. The van der Waals surface area contributed by atoms with E-state index in [-0.39, 0.29) is 17.3 Å². The molecule has 0 saturated heterocycles. The topological polar surface area (TPSA) is 140 Å². The van der Waals surface area contributed by atoms with E-state index in [0.717, 1.165) is 4.88 Å². The van der Waals surface area contributed by atoms with Crippen LogP contribution >= 0.6 is 22.9 Å². The van der Waals surface area contributed by atoms with Gasteiger partial charge in [-0.2, -0.15) is 0 Å². The number of hydrogen-bond acceptors (Lipinski definition) is 8. The first-order chi connectivity index (χ1) is 18.7. The monoisotopic (exact) mass is 570 g/mol. The Labute approximate surface area is 234 Å². The van der Waals surface area contributed by atoms with Gasteiger partial charge in [-0.1, -0.05) is 29.0 Å². The largest absolute Gasteiger partial charge is 0.493 e. The van der Waals surface area contributed by atoms with E-state index in [9.17, 15) is 14.4 Å². The van der Waals surface area contributed by atoms with Crippen molar-refractivity contribution in [2.24, 2.45) is 5.92 Å². The van der Waals surface area contributed by atoms with Crippen molar-refractivity contribution in [2.45, 2.75) is 38.8 Å². The van der Waals surface area contributed by atoms with Crippen LogP contribution in [-0.2, 0) is 4.79 Å². The van der Waals surface area contributed by atoms with Gasteiger partial charge in [0.05, 0.1) is 16.5 Å². The van der Waals surface area contributed by atoms with E-state index in [2.05, 4.69) is 20.6 Å². The average molecular weight is 571 g/mol. The number of carbonyl (C=O) groups is 3. The molecule has 0 unspecified atom stereocenters. The molecule has 2 aromatic heterocycles. The molecule has 204 valence electrons. The molecule has 12 heteroatoms. The summed E-state index contributed by atoms with van der Waals surface area (Å²) in [7, 11) is 0. The maximum Gasteiger partial charge on any atom is 0.325 e. The van der Waals surface area contributed by atoms with Gasteiger partial charge in [0, 0.05) is 30.1 Å². The number of halogens is 1. The Balaban J connectivity index is 1.30. The lowest BCUT2D eigenvalue weighted by molar-refractivity contribution is -0.138. The lowest BCUT2D eigenvalue weighted by Crippen LogP contribution is -2.38. The van der Waals surface area contributed by atoms with Gasteiger partial charge in [-0.25, -0.2) is 4.98 Å². The predicted octanol–water partition coefficient (Wildman–Crippen LogP) is 4.81. The molecule has 3 aromatic rings. The summed E-state index contributed by atoms with van der Waals surface area (Å²) in [6.07, 6.45) is 8.99. The fraction of sp³-hybridized carbons (Fsp3) is 0.296. The number of aromatic nitrogens is 2. The second-order valence-corrected chi connectivity index (χ2v) is 10.5.